The molecule has 2 amide bonds. The molecule has 2 heterocycles. The second-order valence-corrected chi connectivity index (χ2v) is 6.86. The third-order valence-electron chi connectivity index (χ3n) is 4.46. The molecular formula is C19H20N2O3S. The zero-order chi connectivity index (χ0) is 17.6. The number of piperidine rings is 1. The lowest BCUT2D eigenvalue weighted by molar-refractivity contribution is -0.131. The molecule has 0 bridgehead atoms. The SMILES string of the molecule is O=C(NCC(=O)N1CCC(C(=O)c2ccccc2)CC1)c1ccsc1. The first-order chi connectivity index (χ1) is 12.1. The molecule has 6 heteroatoms. The van der Waals surface area contributed by atoms with Gasteiger partial charge in [0, 0.05) is 35.5 Å². The molecule has 1 N–H and O–H groups in total. The van der Waals surface area contributed by atoms with Gasteiger partial charge in [-0.1, -0.05) is 30.3 Å². The van der Waals surface area contributed by atoms with E-state index in [4.69, 9.17) is 0 Å². The average molecular weight is 356 g/mol. The first-order valence-electron chi connectivity index (χ1n) is 8.32. The zero-order valence-electron chi connectivity index (χ0n) is 13.8. The van der Waals surface area contributed by atoms with E-state index in [1.165, 1.54) is 11.3 Å². The van der Waals surface area contributed by atoms with E-state index in [1.807, 2.05) is 35.7 Å². The highest BCUT2D eigenvalue weighted by molar-refractivity contribution is 7.08. The number of likely N-dealkylation sites (tertiary alicyclic amines) is 1. The van der Waals surface area contributed by atoms with Gasteiger partial charge in [-0.05, 0) is 24.3 Å². The molecule has 1 fully saturated rings. The average Bonchev–Trinajstić information content (AvgIpc) is 3.21. The monoisotopic (exact) mass is 356 g/mol. The maximum Gasteiger partial charge on any atom is 0.252 e. The lowest BCUT2D eigenvalue weighted by Gasteiger charge is -2.31. The van der Waals surface area contributed by atoms with Crippen LogP contribution in [0.3, 0.4) is 0 Å². The molecule has 0 unspecified atom stereocenters. The standard InChI is InChI=1S/C19H20N2O3S/c22-17(12-20-19(24)16-8-11-25-13-16)21-9-6-15(7-10-21)18(23)14-4-2-1-3-5-14/h1-5,8,11,13,15H,6-7,9-10,12H2,(H,20,24). The quantitative estimate of drug-likeness (QED) is 0.838. The summed E-state index contributed by atoms with van der Waals surface area (Å²) in [7, 11) is 0. The Balaban J connectivity index is 1.46. The van der Waals surface area contributed by atoms with Gasteiger partial charge in [-0.15, -0.1) is 0 Å². The number of hydrogen-bond donors (Lipinski definition) is 1. The number of carbonyl (C=O) groups excluding carboxylic acids is 3. The topological polar surface area (TPSA) is 66.5 Å². The number of Topliss-reactive ketones (excluding diaryl/α,β-unsaturated/α-hetero) is 1. The molecule has 0 atom stereocenters. The van der Waals surface area contributed by atoms with Crippen molar-refractivity contribution < 1.29 is 14.4 Å². The van der Waals surface area contributed by atoms with Gasteiger partial charge in [-0.25, -0.2) is 0 Å². The zero-order valence-corrected chi connectivity index (χ0v) is 14.6. The predicted molar refractivity (Wildman–Crippen MR) is 96.7 cm³/mol. The summed E-state index contributed by atoms with van der Waals surface area (Å²) in [6.45, 7) is 1.10. The predicted octanol–water partition coefficient (Wildman–Crippen LogP) is 2.60. The van der Waals surface area contributed by atoms with Crippen molar-refractivity contribution in [2.45, 2.75) is 12.8 Å². The summed E-state index contributed by atoms with van der Waals surface area (Å²) in [4.78, 5) is 38.3. The molecule has 1 aromatic heterocycles. The highest BCUT2D eigenvalue weighted by Gasteiger charge is 2.27. The third-order valence-corrected chi connectivity index (χ3v) is 5.14. The van der Waals surface area contributed by atoms with Crippen LogP contribution in [0, 0.1) is 5.92 Å². The van der Waals surface area contributed by atoms with Crippen LogP contribution in [-0.4, -0.2) is 42.1 Å². The second kappa shape index (κ2) is 8.07. The molecule has 5 nitrogen and oxygen atoms in total. The van der Waals surface area contributed by atoms with Crippen LogP contribution in [0.15, 0.2) is 47.2 Å². The van der Waals surface area contributed by atoms with Gasteiger partial charge in [0.1, 0.15) is 0 Å². The summed E-state index contributed by atoms with van der Waals surface area (Å²) in [5.41, 5.74) is 1.31. The van der Waals surface area contributed by atoms with Crippen molar-refractivity contribution in [1.29, 1.82) is 0 Å². The van der Waals surface area contributed by atoms with E-state index in [0.29, 0.717) is 31.5 Å². The largest absolute Gasteiger partial charge is 0.343 e. The van der Waals surface area contributed by atoms with E-state index < -0.39 is 0 Å². The number of amides is 2. The van der Waals surface area contributed by atoms with Crippen LogP contribution in [-0.2, 0) is 4.79 Å². The molecule has 2 aromatic rings. The fraction of sp³-hybridized carbons (Fsp3) is 0.316. The van der Waals surface area contributed by atoms with Crippen molar-refractivity contribution in [3.8, 4) is 0 Å². The Bertz CT molecular complexity index is 735. The number of hydrogen-bond acceptors (Lipinski definition) is 4. The first kappa shape index (κ1) is 17.4. The summed E-state index contributed by atoms with van der Waals surface area (Å²) in [5.74, 6) is -0.219. The number of rotatable bonds is 5. The Labute approximate surface area is 150 Å². The van der Waals surface area contributed by atoms with Gasteiger partial charge in [-0.3, -0.25) is 14.4 Å². The number of thiophene rings is 1. The summed E-state index contributed by atoms with van der Waals surface area (Å²) in [5, 5.41) is 6.23. The second-order valence-electron chi connectivity index (χ2n) is 6.08. The van der Waals surface area contributed by atoms with E-state index in [9.17, 15) is 14.4 Å². The fourth-order valence-electron chi connectivity index (χ4n) is 2.99. The molecule has 3 rings (SSSR count). The molecule has 1 aliphatic rings. The van der Waals surface area contributed by atoms with Crippen molar-refractivity contribution in [2.75, 3.05) is 19.6 Å². The fourth-order valence-corrected chi connectivity index (χ4v) is 3.63. The Hall–Kier alpha value is -2.47. The van der Waals surface area contributed by atoms with Crippen LogP contribution in [0.1, 0.15) is 33.6 Å². The molecule has 0 aliphatic carbocycles. The van der Waals surface area contributed by atoms with Gasteiger partial charge in [0.05, 0.1) is 6.54 Å². The number of nitrogens with one attached hydrogen (secondary N) is 1. The molecule has 0 saturated carbocycles. The summed E-state index contributed by atoms with van der Waals surface area (Å²) in [6, 6.07) is 11.0. The van der Waals surface area contributed by atoms with Crippen LogP contribution >= 0.6 is 11.3 Å². The van der Waals surface area contributed by atoms with Crippen molar-refractivity contribution in [3.05, 3.63) is 58.3 Å². The van der Waals surface area contributed by atoms with Crippen molar-refractivity contribution in [3.63, 3.8) is 0 Å². The summed E-state index contributed by atoms with van der Waals surface area (Å²) >= 11 is 1.44. The molecule has 1 aromatic carbocycles. The number of carbonyl (C=O) groups is 3. The molecule has 1 aliphatic heterocycles. The Morgan fingerprint density at radius 1 is 1.04 bits per heavy atom. The van der Waals surface area contributed by atoms with E-state index in [1.54, 1.807) is 16.3 Å². The Morgan fingerprint density at radius 2 is 1.76 bits per heavy atom. The molecule has 0 radical (unpaired) electrons. The van der Waals surface area contributed by atoms with Crippen LogP contribution < -0.4 is 5.32 Å². The minimum absolute atomic E-state index is 0.00796. The van der Waals surface area contributed by atoms with E-state index in [-0.39, 0.29) is 30.1 Å². The van der Waals surface area contributed by atoms with Crippen LogP contribution in [0.2, 0.25) is 0 Å². The number of ketones is 1. The third kappa shape index (κ3) is 4.33. The van der Waals surface area contributed by atoms with Crippen molar-refractivity contribution in [1.82, 2.24) is 10.2 Å². The number of nitrogens with zero attached hydrogens (tertiary/aromatic N) is 1. The van der Waals surface area contributed by atoms with Gasteiger partial charge < -0.3 is 10.2 Å². The van der Waals surface area contributed by atoms with E-state index in [0.717, 1.165) is 5.56 Å². The lowest BCUT2D eigenvalue weighted by atomic mass is 9.89. The molecule has 130 valence electrons. The summed E-state index contributed by atoms with van der Waals surface area (Å²) < 4.78 is 0. The van der Waals surface area contributed by atoms with Gasteiger partial charge in [0.15, 0.2) is 5.78 Å². The minimum Gasteiger partial charge on any atom is -0.343 e. The maximum absolute atomic E-state index is 12.5. The van der Waals surface area contributed by atoms with Gasteiger partial charge in [0.25, 0.3) is 5.91 Å². The van der Waals surface area contributed by atoms with Crippen LogP contribution in [0.25, 0.3) is 0 Å². The molecular weight excluding hydrogens is 336 g/mol. The normalized spacial score (nSPS) is 15.0. The molecule has 25 heavy (non-hydrogen) atoms. The van der Waals surface area contributed by atoms with Gasteiger partial charge in [0.2, 0.25) is 5.91 Å². The smallest absolute Gasteiger partial charge is 0.252 e. The van der Waals surface area contributed by atoms with E-state index in [2.05, 4.69) is 5.32 Å². The molecule has 1 saturated heterocycles. The van der Waals surface area contributed by atoms with Gasteiger partial charge in [-0.2, -0.15) is 11.3 Å². The minimum atomic E-state index is -0.233. The lowest BCUT2D eigenvalue weighted by Crippen LogP contribution is -2.45. The number of benzene rings is 1. The summed E-state index contributed by atoms with van der Waals surface area (Å²) in [6.07, 6.45) is 1.33. The van der Waals surface area contributed by atoms with Crippen LogP contribution in [0.4, 0.5) is 0 Å². The first-order valence-corrected chi connectivity index (χ1v) is 9.27. The van der Waals surface area contributed by atoms with Crippen molar-refractivity contribution >= 4 is 28.9 Å². The Morgan fingerprint density at radius 3 is 2.40 bits per heavy atom. The van der Waals surface area contributed by atoms with E-state index >= 15 is 0 Å². The van der Waals surface area contributed by atoms with Crippen molar-refractivity contribution in [2.24, 2.45) is 5.92 Å². The van der Waals surface area contributed by atoms with Gasteiger partial charge >= 0.3 is 0 Å². The highest BCUT2D eigenvalue weighted by Crippen LogP contribution is 2.21. The van der Waals surface area contributed by atoms with Crippen LogP contribution in [0.5, 0.6) is 0 Å². The Kier molecular flexibility index (Phi) is 5.60. The maximum atomic E-state index is 12.5. The highest BCUT2D eigenvalue weighted by atomic mass is 32.1. The molecule has 0 spiro atoms.